The van der Waals surface area contributed by atoms with E-state index < -0.39 is 0 Å². The van der Waals surface area contributed by atoms with Crippen molar-refractivity contribution in [2.24, 2.45) is 10.1 Å². The highest BCUT2D eigenvalue weighted by atomic mass is 35.5. The number of fused-ring (bicyclic) bond motifs is 2. The second kappa shape index (κ2) is 8.79. The van der Waals surface area contributed by atoms with Crippen molar-refractivity contribution in [2.75, 3.05) is 19.7 Å². The molecule has 0 spiro atoms. The van der Waals surface area contributed by atoms with E-state index in [1.54, 1.807) is 0 Å². The number of rotatable bonds is 5. The van der Waals surface area contributed by atoms with E-state index in [0.717, 1.165) is 41.7 Å². The lowest BCUT2D eigenvalue weighted by molar-refractivity contribution is -0.126. The quantitative estimate of drug-likeness (QED) is 0.458. The van der Waals surface area contributed by atoms with Crippen LogP contribution in [-0.2, 0) is 9.63 Å². The normalized spacial score (nSPS) is 18.5. The van der Waals surface area contributed by atoms with Crippen molar-refractivity contribution in [1.29, 1.82) is 0 Å². The molecular weight excluding hydrogens is 418 g/mol. The number of benzene rings is 2. The summed E-state index contributed by atoms with van der Waals surface area (Å²) >= 11 is 0. The van der Waals surface area contributed by atoms with Gasteiger partial charge in [0.2, 0.25) is 0 Å². The van der Waals surface area contributed by atoms with E-state index in [-0.39, 0.29) is 36.8 Å². The van der Waals surface area contributed by atoms with Crippen molar-refractivity contribution in [1.82, 2.24) is 15.6 Å². The van der Waals surface area contributed by atoms with Gasteiger partial charge in [0.15, 0.2) is 12.5 Å². The lowest BCUT2D eigenvalue weighted by Crippen LogP contribution is -2.38. The number of para-hydroxylation sites is 2. The van der Waals surface area contributed by atoms with Gasteiger partial charge in [-0.1, -0.05) is 41.6 Å². The number of halogens is 1. The third kappa shape index (κ3) is 3.99. The molecule has 1 saturated heterocycles. The molecule has 3 aromatic rings. The van der Waals surface area contributed by atoms with Crippen LogP contribution >= 0.6 is 12.4 Å². The Kier molecular flexibility index (Phi) is 5.92. The first-order valence-electron chi connectivity index (χ1n) is 9.89. The smallest absolute Gasteiger partial charge is 0.261 e. The van der Waals surface area contributed by atoms with Crippen LogP contribution in [0, 0.1) is 0 Å². The van der Waals surface area contributed by atoms with E-state index in [4.69, 9.17) is 4.84 Å². The second-order valence-electron chi connectivity index (χ2n) is 7.34. The largest absolute Gasteiger partial charge is 0.494 e. The topological polar surface area (TPSA) is 111 Å². The summed E-state index contributed by atoms with van der Waals surface area (Å²) in [5.74, 6) is -0.199. The Balaban J connectivity index is 0.00000231. The van der Waals surface area contributed by atoms with Crippen LogP contribution in [0.25, 0.3) is 10.9 Å². The molecule has 5 rings (SSSR count). The first-order valence-corrected chi connectivity index (χ1v) is 9.89. The van der Waals surface area contributed by atoms with Gasteiger partial charge in [0.25, 0.3) is 5.91 Å². The summed E-state index contributed by atoms with van der Waals surface area (Å²) in [6.45, 7) is 1.48. The fourth-order valence-corrected chi connectivity index (χ4v) is 3.91. The first kappa shape index (κ1) is 20.9. The molecule has 8 nitrogen and oxygen atoms in total. The van der Waals surface area contributed by atoms with Crippen molar-refractivity contribution >= 4 is 46.3 Å². The van der Waals surface area contributed by atoms with Crippen LogP contribution in [0.2, 0.25) is 0 Å². The Morgan fingerprint density at radius 1 is 1.23 bits per heavy atom. The van der Waals surface area contributed by atoms with Crippen LogP contribution in [0.15, 0.2) is 58.7 Å². The Hall–Kier alpha value is -3.36. The predicted octanol–water partition coefficient (Wildman–Crippen LogP) is 2.63. The molecule has 2 aromatic carbocycles. The SMILES string of the molecule is Cl.O=C(CO/N=C1/C(c2c(O)[nH]c3ccccc23)=Nc2ccccc21)N[C@@H]1CCNC1. The van der Waals surface area contributed by atoms with Crippen LogP contribution in [-0.4, -0.2) is 53.2 Å². The number of aromatic hydroxyl groups is 1. The summed E-state index contributed by atoms with van der Waals surface area (Å²) in [6, 6.07) is 15.3. The van der Waals surface area contributed by atoms with Gasteiger partial charge >= 0.3 is 0 Å². The molecule has 1 fully saturated rings. The van der Waals surface area contributed by atoms with E-state index in [0.29, 0.717) is 17.0 Å². The standard InChI is InChI=1S/C22H21N5O3.ClH/c28-18(24-13-9-10-23-11-13)12-30-27-20-15-6-2-4-8-17(15)25-21(20)19-14-5-1-3-7-16(14)26-22(19)29;/h1-8,13,23,26,29H,9-12H2,(H,24,28);1H/b27-20+;/t13-;/m1./s1. The molecule has 0 bridgehead atoms. The molecule has 9 heteroatoms. The summed E-state index contributed by atoms with van der Waals surface area (Å²) in [6.07, 6.45) is 0.907. The molecule has 2 aliphatic heterocycles. The number of carbonyl (C=O) groups is 1. The Morgan fingerprint density at radius 3 is 2.87 bits per heavy atom. The molecule has 160 valence electrons. The number of H-pyrrole nitrogens is 1. The average Bonchev–Trinajstić information content (AvgIpc) is 3.45. The zero-order chi connectivity index (χ0) is 20.5. The predicted molar refractivity (Wildman–Crippen MR) is 122 cm³/mol. The van der Waals surface area contributed by atoms with Gasteiger partial charge in [-0.05, 0) is 25.1 Å². The molecule has 0 saturated carbocycles. The van der Waals surface area contributed by atoms with Crippen molar-refractivity contribution in [3.8, 4) is 5.88 Å². The fraction of sp³-hybridized carbons (Fsp3) is 0.227. The lowest BCUT2D eigenvalue weighted by atomic mass is 10.0. The van der Waals surface area contributed by atoms with Crippen LogP contribution in [0.3, 0.4) is 0 Å². The average molecular weight is 440 g/mol. The molecule has 3 heterocycles. The maximum absolute atomic E-state index is 12.1. The molecule has 0 aliphatic carbocycles. The van der Waals surface area contributed by atoms with Gasteiger partial charge in [0.05, 0.1) is 11.3 Å². The maximum Gasteiger partial charge on any atom is 0.261 e. The zero-order valence-electron chi connectivity index (χ0n) is 16.6. The van der Waals surface area contributed by atoms with E-state index in [9.17, 15) is 9.90 Å². The van der Waals surface area contributed by atoms with Crippen molar-refractivity contribution < 1.29 is 14.7 Å². The molecule has 1 amide bonds. The summed E-state index contributed by atoms with van der Waals surface area (Å²) in [5, 5.41) is 21.8. The number of carbonyl (C=O) groups excluding carboxylic acids is 1. The molecule has 1 atom stereocenters. The highest BCUT2D eigenvalue weighted by molar-refractivity contribution is 6.58. The van der Waals surface area contributed by atoms with Gasteiger partial charge in [-0.25, -0.2) is 4.99 Å². The second-order valence-corrected chi connectivity index (χ2v) is 7.34. The number of nitrogens with zero attached hydrogens (tertiary/aromatic N) is 2. The third-order valence-electron chi connectivity index (χ3n) is 5.32. The molecule has 0 unspecified atom stereocenters. The molecule has 0 radical (unpaired) electrons. The summed E-state index contributed by atoms with van der Waals surface area (Å²) < 4.78 is 0. The number of aromatic nitrogens is 1. The van der Waals surface area contributed by atoms with Gasteiger partial charge in [-0.2, -0.15) is 0 Å². The number of aliphatic imine (C=N–C) groups is 1. The number of amides is 1. The zero-order valence-corrected chi connectivity index (χ0v) is 17.4. The minimum atomic E-state index is -0.215. The van der Waals surface area contributed by atoms with Crippen molar-refractivity contribution in [2.45, 2.75) is 12.5 Å². The van der Waals surface area contributed by atoms with E-state index in [1.807, 2.05) is 48.5 Å². The number of oxime groups is 1. The minimum Gasteiger partial charge on any atom is -0.494 e. The van der Waals surface area contributed by atoms with Crippen LogP contribution < -0.4 is 10.6 Å². The van der Waals surface area contributed by atoms with Crippen molar-refractivity contribution in [3.63, 3.8) is 0 Å². The van der Waals surface area contributed by atoms with Crippen LogP contribution in [0.5, 0.6) is 5.88 Å². The summed E-state index contributed by atoms with van der Waals surface area (Å²) in [5.41, 5.74) is 3.88. The number of nitrogens with one attached hydrogen (secondary N) is 3. The number of aromatic amines is 1. The van der Waals surface area contributed by atoms with E-state index in [2.05, 4.69) is 25.8 Å². The Morgan fingerprint density at radius 2 is 2.03 bits per heavy atom. The van der Waals surface area contributed by atoms with Gasteiger partial charge in [0.1, 0.15) is 11.4 Å². The highest BCUT2D eigenvalue weighted by Crippen LogP contribution is 2.35. The maximum atomic E-state index is 12.1. The first-order chi connectivity index (χ1) is 14.7. The van der Waals surface area contributed by atoms with Crippen LogP contribution in [0.4, 0.5) is 5.69 Å². The third-order valence-corrected chi connectivity index (χ3v) is 5.32. The fourth-order valence-electron chi connectivity index (χ4n) is 3.91. The monoisotopic (exact) mass is 439 g/mol. The van der Waals surface area contributed by atoms with Gasteiger partial charge < -0.3 is 25.6 Å². The number of hydrogen-bond donors (Lipinski definition) is 4. The molecule has 31 heavy (non-hydrogen) atoms. The van der Waals surface area contributed by atoms with Crippen LogP contribution in [0.1, 0.15) is 17.5 Å². The molecule has 2 aliphatic rings. The Bertz CT molecular complexity index is 1180. The highest BCUT2D eigenvalue weighted by Gasteiger charge is 2.29. The Labute approximate surface area is 184 Å². The van der Waals surface area contributed by atoms with Crippen molar-refractivity contribution in [3.05, 3.63) is 59.7 Å². The molecule has 1 aromatic heterocycles. The minimum absolute atomic E-state index is 0. The summed E-state index contributed by atoms with van der Waals surface area (Å²) in [4.78, 5) is 25.2. The lowest BCUT2D eigenvalue weighted by Gasteiger charge is -2.10. The molecular formula is C22H22ClN5O3. The van der Waals surface area contributed by atoms with Gasteiger partial charge in [0, 0.05) is 29.1 Å². The number of hydrogen-bond acceptors (Lipinski definition) is 6. The van der Waals surface area contributed by atoms with E-state index >= 15 is 0 Å². The molecule has 4 N–H and O–H groups in total. The van der Waals surface area contributed by atoms with E-state index in [1.165, 1.54) is 0 Å². The van der Waals surface area contributed by atoms with Gasteiger partial charge in [-0.3, -0.25) is 4.79 Å². The summed E-state index contributed by atoms with van der Waals surface area (Å²) in [7, 11) is 0. The van der Waals surface area contributed by atoms with Gasteiger partial charge in [-0.15, -0.1) is 12.4 Å².